The quantitative estimate of drug-likeness (QED) is 0.299. The van der Waals surface area contributed by atoms with Crippen LogP contribution in [0.4, 0.5) is 45.2 Å². The molecule has 200 valence electrons. The Hall–Kier alpha value is -3.41. The second-order valence-corrected chi connectivity index (χ2v) is 8.13. The summed E-state index contributed by atoms with van der Waals surface area (Å²) < 4.78 is 124. The Morgan fingerprint density at radius 1 is 0.784 bits per heavy atom. The van der Waals surface area contributed by atoms with Crippen LogP contribution in [0.15, 0.2) is 72.8 Å². The van der Waals surface area contributed by atoms with E-state index in [9.17, 15) is 44.6 Å². The minimum atomic E-state index is -5.87. The summed E-state index contributed by atoms with van der Waals surface area (Å²) in [4.78, 5) is 0.970. The second-order valence-electron chi connectivity index (χ2n) is 8.13. The van der Waals surface area contributed by atoms with E-state index in [1.54, 1.807) is 6.07 Å². The maximum Gasteiger partial charge on any atom is 0.458 e. The molecule has 1 unspecified atom stereocenters. The van der Waals surface area contributed by atoms with E-state index in [2.05, 4.69) is 0 Å². The summed E-state index contributed by atoms with van der Waals surface area (Å²) >= 11 is 0. The fourth-order valence-corrected chi connectivity index (χ4v) is 3.39. The van der Waals surface area contributed by atoms with E-state index < -0.39 is 48.8 Å². The van der Waals surface area contributed by atoms with E-state index in [0.717, 1.165) is 11.0 Å². The molecule has 0 aliphatic carbocycles. The van der Waals surface area contributed by atoms with Gasteiger partial charge in [0.25, 0.3) is 0 Å². The van der Waals surface area contributed by atoms with Crippen LogP contribution in [0.3, 0.4) is 0 Å². The van der Waals surface area contributed by atoms with Gasteiger partial charge in [-0.05, 0) is 41.5 Å². The number of aliphatic hydroxyl groups is 1. The summed E-state index contributed by atoms with van der Waals surface area (Å²) in [5, 5.41) is 9.63. The van der Waals surface area contributed by atoms with Gasteiger partial charge in [-0.2, -0.15) is 35.1 Å². The van der Waals surface area contributed by atoms with E-state index in [1.807, 2.05) is 0 Å². The molecule has 0 aliphatic rings. The van der Waals surface area contributed by atoms with Crippen LogP contribution >= 0.6 is 0 Å². The largest absolute Gasteiger partial charge is 0.489 e. The second kappa shape index (κ2) is 10.9. The molecule has 1 N–H and O–H groups in total. The number of alkyl halides is 8. The molecule has 0 aromatic heterocycles. The molecule has 3 nitrogen and oxygen atoms in total. The van der Waals surface area contributed by atoms with Crippen molar-refractivity contribution in [2.24, 2.45) is 0 Å². The summed E-state index contributed by atoms with van der Waals surface area (Å²) in [6.45, 7) is -1.67. The maximum atomic E-state index is 13.8. The predicted octanol–water partition coefficient (Wildman–Crippen LogP) is 6.99. The van der Waals surface area contributed by atoms with E-state index in [4.69, 9.17) is 4.74 Å². The lowest BCUT2D eigenvalue weighted by atomic mass is 10.0. The number of nitrogens with zero attached hydrogens (tertiary/aromatic N) is 1. The zero-order valence-corrected chi connectivity index (χ0v) is 18.8. The van der Waals surface area contributed by atoms with Gasteiger partial charge < -0.3 is 14.7 Å². The Bertz CT molecular complexity index is 1200. The number of ether oxygens (including phenoxy) is 1. The molecule has 37 heavy (non-hydrogen) atoms. The minimum Gasteiger partial charge on any atom is -0.489 e. The number of anilines is 1. The van der Waals surface area contributed by atoms with Crippen molar-refractivity contribution in [2.75, 3.05) is 11.4 Å². The minimum absolute atomic E-state index is 0.0630. The molecule has 0 fully saturated rings. The maximum absolute atomic E-state index is 13.8. The van der Waals surface area contributed by atoms with Crippen LogP contribution in [-0.4, -0.2) is 30.1 Å². The van der Waals surface area contributed by atoms with Crippen molar-refractivity contribution in [1.29, 1.82) is 0 Å². The molecule has 0 saturated carbocycles. The molecule has 1 atom stereocenters. The number of hydrogen-bond donors (Lipinski definition) is 1. The molecule has 0 heterocycles. The first-order valence-electron chi connectivity index (χ1n) is 10.7. The van der Waals surface area contributed by atoms with Gasteiger partial charge in [-0.25, -0.2) is 4.39 Å². The lowest BCUT2D eigenvalue weighted by molar-refractivity contribution is -0.289. The topological polar surface area (TPSA) is 32.7 Å². The Labute approximate surface area is 205 Å². The van der Waals surface area contributed by atoms with Gasteiger partial charge in [-0.1, -0.05) is 36.4 Å². The third-order valence-corrected chi connectivity index (χ3v) is 5.27. The Morgan fingerprint density at radius 3 is 2.08 bits per heavy atom. The number of aliphatic hydroxyl groups excluding tert-OH is 1. The molecule has 0 amide bonds. The summed E-state index contributed by atoms with van der Waals surface area (Å²) in [5.41, 5.74) is -0.993. The average molecular weight is 537 g/mol. The predicted molar refractivity (Wildman–Crippen MR) is 117 cm³/mol. The highest BCUT2D eigenvalue weighted by atomic mass is 19.4. The molecular weight excluding hydrogens is 517 g/mol. The lowest BCUT2D eigenvalue weighted by Gasteiger charge is -2.29. The van der Waals surface area contributed by atoms with Crippen molar-refractivity contribution in [2.45, 2.75) is 37.5 Å². The summed E-state index contributed by atoms with van der Waals surface area (Å²) in [6, 6.07) is 14.2. The average Bonchev–Trinajstić information content (AvgIpc) is 2.81. The van der Waals surface area contributed by atoms with Gasteiger partial charge >= 0.3 is 18.3 Å². The van der Waals surface area contributed by atoms with Crippen molar-refractivity contribution in [1.82, 2.24) is 0 Å². The fourth-order valence-electron chi connectivity index (χ4n) is 3.39. The molecule has 3 rings (SSSR count). The van der Waals surface area contributed by atoms with Gasteiger partial charge in [0.15, 0.2) is 6.10 Å². The van der Waals surface area contributed by atoms with Crippen LogP contribution in [0, 0.1) is 5.82 Å². The Kier molecular flexibility index (Phi) is 8.31. The zero-order chi connectivity index (χ0) is 27.4. The van der Waals surface area contributed by atoms with E-state index in [1.165, 1.54) is 48.5 Å². The number of hydrogen-bond acceptors (Lipinski definition) is 3. The van der Waals surface area contributed by atoms with Crippen LogP contribution in [-0.2, 0) is 19.1 Å². The van der Waals surface area contributed by atoms with Crippen LogP contribution in [0.5, 0.6) is 5.75 Å². The molecule has 0 radical (unpaired) electrons. The standard InChI is InChI=1S/C25H20F9NO2/c26-19-7-2-5-17(11-19)15-37-21-9-3-8-20(12-21)35(14-22(36)24(29,30)31)13-16-4-1-6-18(10-16)23(27,28)25(32,33)34/h1-12,22,36H,13-15H2. The Balaban J connectivity index is 1.88. The number of benzene rings is 3. The van der Waals surface area contributed by atoms with Crippen molar-refractivity contribution < 1.29 is 49.4 Å². The SMILES string of the molecule is OC(CN(Cc1cccc(C(F)(F)C(F)(F)F)c1)c1cccc(OCc2cccc(F)c2)c1)C(F)(F)F. The highest BCUT2D eigenvalue weighted by Crippen LogP contribution is 2.44. The van der Waals surface area contributed by atoms with Gasteiger partial charge in [0.05, 0.1) is 6.54 Å². The van der Waals surface area contributed by atoms with Crippen LogP contribution in [0.1, 0.15) is 16.7 Å². The molecular formula is C25H20F9NO2. The van der Waals surface area contributed by atoms with Crippen LogP contribution in [0.2, 0.25) is 0 Å². The summed E-state index contributed by atoms with van der Waals surface area (Å²) in [5.74, 6) is -5.52. The fraction of sp³-hybridized carbons (Fsp3) is 0.280. The molecule has 0 saturated heterocycles. The zero-order valence-electron chi connectivity index (χ0n) is 18.8. The highest BCUT2D eigenvalue weighted by Gasteiger charge is 2.58. The Morgan fingerprint density at radius 2 is 1.43 bits per heavy atom. The monoisotopic (exact) mass is 537 g/mol. The van der Waals surface area contributed by atoms with Gasteiger partial charge in [0.2, 0.25) is 0 Å². The summed E-state index contributed by atoms with van der Waals surface area (Å²) in [6.07, 6.45) is -13.7. The van der Waals surface area contributed by atoms with E-state index in [-0.39, 0.29) is 23.6 Å². The van der Waals surface area contributed by atoms with E-state index >= 15 is 0 Å². The molecule has 0 aliphatic heterocycles. The van der Waals surface area contributed by atoms with Gasteiger partial charge in [-0.3, -0.25) is 0 Å². The first-order chi connectivity index (χ1) is 17.2. The van der Waals surface area contributed by atoms with Gasteiger partial charge in [0.1, 0.15) is 18.2 Å². The number of halogens is 9. The van der Waals surface area contributed by atoms with Crippen LogP contribution < -0.4 is 9.64 Å². The third kappa shape index (κ3) is 7.31. The number of rotatable bonds is 9. The van der Waals surface area contributed by atoms with Crippen molar-refractivity contribution >= 4 is 5.69 Å². The first-order valence-corrected chi connectivity index (χ1v) is 10.7. The highest BCUT2D eigenvalue weighted by molar-refractivity contribution is 5.51. The van der Waals surface area contributed by atoms with Gasteiger partial charge in [-0.15, -0.1) is 0 Å². The molecule has 12 heteroatoms. The smallest absolute Gasteiger partial charge is 0.458 e. The lowest BCUT2D eigenvalue weighted by Crippen LogP contribution is -2.41. The molecule has 0 bridgehead atoms. The van der Waals surface area contributed by atoms with Crippen LogP contribution in [0.25, 0.3) is 0 Å². The molecule has 0 spiro atoms. The first kappa shape index (κ1) is 28.2. The summed E-state index contributed by atoms with van der Waals surface area (Å²) in [7, 11) is 0. The van der Waals surface area contributed by atoms with Crippen molar-refractivity contribution in [3.8, 4) is 5.75 Å². The third-order valence-electron chi connectivity index (χ3n) is 5.27. The van der Waals surface area contributed by atoms with Crippen molar-refractivity contribution in [3.63, 3.8) is 0 Å². The normalized spacial score (nSPS) is 13.4. The molecule has 3 aromatic rings. The van der Waals surface area contributed by atoms with Crippen molar-refractivity contribution in [3.05, 3.63) is 95.3 Å². The van der Waals surface area contributed by atoms with Gasteiger partial charge in [0, 0.05) is 23.9 Å². The molecule has 3 aromatic carbocycles. The van der Waals surface area contributed by atoms with E-state index in [0.29, 0.717) is 17.7 Å².